The van der Waals surface area contributed by atoms with Crippen molar-refractivity contribution in [2.75, 3.05) is 12.3 Å². The smallest absolute Gasteiger partial charge is 0.256 e. The van der Waals surface area contributed by atoms with Crippen molar-refractivity contribution in [3.05, 3.63) is 23.6 Å². The maximum atomic E-state index is 5.38. The van der Waals surface area contributed by atoms with Crippen molar-refractivity contribution in [2.24, 2.45) is 5.73 Å². The molecule has 1 aromatic heterocycles. The summed E-state index contributed by atoms with van der Waals surface area (Å²) in [6, 6.07) is 0. The number of hydrogen-bond acceptors (Lipinski definition) is 4. The van der Waals surface area contributed by atoms with E-state index < -0.39 is 0 Å². The van der Waals surface area contributed by atoms with E-state index >= 15 is 0 Å². The SMILES string of the molecule is Cc1nc(SC/C=C/CN)oc1C. The Bertz CT molecular complexity index is 274. The fourth-order valence-electron chi connectivity index (χ4n) is 0.789. The Morgan fingerprint density at radius 2 is 2.23 bits per heavy atom. The zero-order valence-corrected chi connectivity index (χ0v) is 8.73. The van der Waals surface area contributed by atoms with Gasteiger partial charge in [0.25, 0.3) is 5.22 Å². The van der Waals surface area contributed by atoms with Gasteiger partial charge in [-0.25, -0.2) is 4.98 Å². The fourth-order valence-corrected chi connectivity index (χ4v) is 1.55. The Morgan fingerprint density at radius 1 is 1.46 bits per heavy atom. The first-order valence-corrected chi connectivity index (χ1v) is 5.14. The van der Waals surface area contributed by atoms with E-state index in [2.05, 4.69) is 4.98 Å². The molecule has 0 bridgehead atoms. The topological polar surface area (TPSA) is 52.0 Å². The summed E-state index contributed by atoms with van der Waals surface area (Å²) in [6.45, 7) is 4.45. The van der Waals surface area contributed by atoms with Gasteiger partial charge in [0, 0.05) is 12.3 Å². The van der Waals surface area contributed by atoms with Gasteiger partial charge in [-0.05, 0) is 13.8 Å². The molecule has 0 radical (unpaired) electrons. The van der Waals surface area contributed by atoms with Crippen LogP contribution in [0.5, 0.6) is 0 Å². The summed E-state index contributed by atoms with van der Waals surface area (Å²) in [7, 11) is 0. The first kappa shape index (κ1) is 10.3. The number of nitrogens with two attached hydrogens (primary N) is 1. The monoisotopic (exact) mass is 198 g/mol. The highest BCUT2D eigenvalue weighted by molar-refractivity contribution is 7.99. The summed E-state index contributed by atoms with van der Waals surface area (Å²) in [5, 5.41) is 0.733. The normalized spacial score (nSPS) is 11.3. The molecule has 0 saturated carbocycles. The van der Waals surface area contributed by atoms with Crippen molar-refractivity contribution in [3.63, 3.8) is 0 Å². The van der Waals surface area contributed by atoms with Gasteiger partial charge in [-0.3, -0.25) is 0 Å². The molecule has 0 aliphatic carbocycles. The summed E-state index contributed by atoms with van der Waals surface area (Å²) in [6.07, 6.45) is 3.94. The zero-order chi connectivity index (χ0) is 9.68. The molecule has 1 rings (SSSR count). The van der Waals surface area contributed by atoms with Crippen LogP contribution in [0.2, 0.25) is 0 Å². The summed E-state index contributed by atoms with van der Waals surface area (Å²) < 4.78 is 5.38. The maximum absolute atomic E-state index is 5.38. The van der Waals surface area contributed by atoms with Gasteiger partial charge in [0.05, 0.1) is 5.69 Å². The first-order valence-electron chi connectivity index (χ1n) is 4.16. The molecule has 72 valence electrons. The fraction of sp³-hybridized carbons (Fsp3) is 0.444. The van der Waals surface area contributed by atoms with Gasteiger partial charge in [0.1, 0.15) is 5.76 Å². The van der Waals surface area contributed by atoms with Gasteiger partial charge in [-0.2, -0.15) is 0 Å². The van der Waals surface area contributed by atoms with Gasteiger partial charge in [0.2, 0.25) is 0 Å². The van der Waals surface area contributed by atoms with Crippen molar-refractivity contribution in [3.8, 4) is 0 Å². The van der Waals surface area contributed by atoms with Gasteiger partial charge in [-0.1, -0.05) is 23.9 Å². The first-order chi connectivity index (χ1) is 6.24. The highest BCUT2D eigenvalue weighted by Gasteiger charge is 2.03. The van der Waals surface area contributed by atoms with Gasteiger partial charge in [-0.15, -0.1) is 0 Å². The molecule has 0 aliphatic rings. The van der Waals surface area contributed by atoms with Crippen LogP contribution in [0.1, 0.15) is 11.5 Å². The summed E-state index contributed by atoms with van der Waals surface area (Å²) in [5.74, 6) is 1.75. The van der Waals surface area contributed by atoms with Crippen LogP contribution in [0, 0.1) is 13.8 Å². The molecule has 13 heavy (non-hydrogen) atoms. The molecule has 3 nitrogen and oxygen atoms in total. The molecule has 0 amide bonds. The Balaban J connectivity index is 2.41. The van der Waals surface area contributed by atoms with E-state index in [1.165, 1.54) is 0 Å². The molecule has 1 aromatic rings. The summed E-state index contributed by atoms with van der Waals surface area (Å²) in [4.78, 5) is 4.24. The lowest BCUT2D eigenvalue weighted by atomic mass is 10.4. The molecular weight excluding hydrogens is 184 g/mol. The van der Waals surface area contributed by atoms with Gasteiger partial charge in [0.15, 0.2) is 0 Å². The van der Waals surface area contributed by atoms with E-state index in [0.717, 1.165) is 22.4 Å². The Kier molecular flexibility index (Phi) is 4.05. The van der Waals surface area contributed by atoms with Crippen LogP contribution in [-0.4, -0.2) is 17.3 Å². The van der Waals surface area contributed by atoms with E-state index in [1.807, 2.05) is 26.0 Å². The highest BCUT2D eigenvalue weighted by atomic mass is 32.2. The molecule has 2 N–H and O–H groups in total. The van der Waals surface area contributed by atoms with E-state index in [-0.39, 0.29) is 0 Å². The predicted octanol–water partition coefficient (Wildman–Crippen LogP) is 1.90. The zero-order valence-electron chi connectivity index (χ0n) is 7.91. The molecule has 0 atom stereocenters. The minimum Gasteiger partial charge on any atom is -0.437 e. The number of hydrogen-bond donors (Lipinski definition) is 1. The standard InChI is InChI=1S/C9H14N2OS/c1-7-8(2)12-9(11-7)13-6-4-3-5-10/h3-4H,5-6,10H2,1-2H3/b4-3+. The molecule has 1 heterocycles. The third-order valence-electron chi connectivity index (χ3n) is 1.61. The second-order valence-corrected chi connectivity index (χ2v) is 3.61. The molecule has 0 fully saturated rings. The maximum Gasteiger partial charge on any atom is 0.256 e. The van der Waals surface area contributed by atoms with Crippen LogP contribution < -0.4 is 5.73 Å². The Labute approximate surface area is 82.4 Å². The average molecular weight is 198 g/mol. The molecule has 0 saturated heterocycles. The molecule has 0 aliphatic heterocycles. The van der Waals surface area contributed by atoms with Crippen LogP contribution >= 0.6 is 11.8 Å². The Morgan fingerprint density at radius 3 is 2.77 bits per heavy atom. The third kappa shape index (κ3) is 3.24. The van der Waals surface area contributed by atoms with Crippen LogP contribution in [0.25, 0.3) is 0 Å². The number of nitrogens with zero attached hydrogens (tertiary/aromatic N) is 1. The second kappa shape index (κ2) is 5.09. The molecule has 4 heteroatoms. The van der Waals surface area contributed by atoms with Crippen LogP contribution in [0.4, 0.5) is 0 Å². The average Bonchev–Trinajstić information content (AvgIpc) is 2.41. The molecular formula is C9H14N2OS. The van der Waals surface area contributed by atoms with E-state index in [4.69, 9.17) is 10.2 Å². The number of oxazole rings is 1. The van der Waals surface area contributed by atoms with Crippen molar-refractivity contribution in [2.45, 2.75) is 19.1 Å². The predicted molar refractivity (Wildman–Crippen MR) is 54.9 cm³/mol. The highest BCUT2D eigenvalue weighted by Crippen LogP contribution is 2.19. The lowest BCUT2D eigenvalue weighted by Crippen LogP contribution is -1.92. The lowest BCUT2D eigenvalue weighted by molar-refractivity contribution is 0.431. The number of aromatic nitrogens is 1. The number of aryl methyl sites for hydroxylation is 2. The van der Waals surface area contributed by atoms with Gasteiger partial charge >= 0.3 is 0 Å². The van der Waals surface area contributed by atoms with Crippen molar-refractivity contribution in [1.82, 2.24) is 4.98 Å². The van der Waals surface area contributed by atoms with E-state index in [0.29, 0.717) is 6.54 Å². The van der Waals surface area contributed by atoms with Crippen molar-refractivity contribution in [1.29, 1.82) is 0 Å². The van der Waals surface area contributed by atoms with E-state index in [1.54, 1.807) is 11.8 Å². The van der Waals surface area contributed by atoms with Crippen LogP contribution in [0.3, 0.4) is 0 Å². The number of rotatable bonds is 4. The Hall–Kier alpha value is -0.740. The summed E-state index contributed by atoms with van der Waals surface area (Å²) >= 11 is 1.58. The largest absolute Gasteiger partial charge is 0.437 e. The van der Waals surface area contributed by atoms with Crippen molar-refractivity contribution < 1.29 is 4.42 Å². The lowest BCUT2D eigenvalue weighted by Gasteiger charge is -1.88. The van der Waals surface area contributed by atoms with E-state index in [9.17, 15) is 0 Å². The van der Waals surface area contributed by atoms with Gasteiger partial charge < -0.3 is 10.2 Å². The molecule has 0 aromatic carbocycles. The third-order valence-corrected chi connectivity index (χ3v) is 2.40. The minimum atomic E-state index is 0.587. The molecule has 0 spiro atoms. The second-order valence-electron chi connectivity index (χ2n) is 2.64. The van der Waals surface area contributed by atoms with Crippen LogP contribution in [0.15, 0.2) is 21.8 Å². The summed E-state index contributed by atoms with van der Waals surface area (Å²) in [5.41, 5.74) is 6.26. The minimum absolute atomic E-state index is 0.587. The number of thioether (sulfide) groups is 1. The van der Waals surface area contributed by atoms with Crippen LogP contribution in [-0.2, 0) is 0 Å². The quantitative estimate of drug-likeness (QED) is 0.593. The van der Waals surface area contributed by atoms with Crippen molar-refractivity contribution >= 4 is 11.8 Å². The molecule has 0 unspecified atom stereocenters.